The second kappa shape index (κ2) is 5.49. The van der Waals surface area contributed by atoms with Gasteiger partial charge in [0.25, 0.3) is 0 Å². The maximum absolute atomic E-state index is 10.4. The molecule has 0 aromatic heterocycles. The van der Waals surface area contributed by atoms with Crippen molar-refractivity contribution in [1.82, 2.24) is 0 Å². The first-order valence-electron chi connectivity index (χ1n) is 4.52. The van der Waals surface area contributed by atoms with Crippen LogP contribution in [0, 0.1) is 0 Å². The molecular weight excluding hydrogens is 164 g/mol. The zero-order valence-corrected chi connectivity index (χ0v) is 7.57. The highest BCUT2D eigenvalue weighted by Gasteiger charge is 1.94. The van der Waals surface area contributed by atoms with Gasteiger partial charge in [-0.1, -0.05) is 18.2 Å². The molecule has 0 spiro atoms. The minimum absolute atomic E-state index is 0.243. The zero-order chi connectivity index (χ0) is 9.52. The van der Waals surface area contributed by atoms with E-state index in [9.17, 15) is 4.79 Å². The van der Waals surface area contributed by atoms with Crippen LogP contribution in [0.4, 0.5) is 0 Å². The average Bonchev–Trinajstić information content (AvgIpc) is 2.19. The summed E-state index contributed by atoms with van der Waals surface area (Å²) in [5.41, 5.74) is 1.89. The Balaban J connectivity index is 2.51. The number of aryl methyl sites for hydroxylation is 1. The number of hydrogen-bond donors (Lipinski definition) is 1. The van der Waals surface area contributed by atoms with E-state index in [0.29, 0.717) is 0 Å². The van der Waals surface area contributed by atoms with Crippen LogP contribution in [0.15, 0.2) is 24.3 Å². The van der Waals surface area contributed by atoms with Gasteiger partial charge in [-0.3, -0.25) is 4.79 Å². The average molecular weight is 178 g/mol. The third-order valence-electron chi connectivity index (χ3n) is 1.96. The first kappa shape index (κ1) is 9.93. The molecule has 0 heterocycles. The van der Waals surface area contributed by atoms with Gasteiger partial charge in [-0.25, -0.2) is 0 Å². The third-order valence-corrected chi connectivity index (χ3v) is 1.96. The van der Waals surface area contributed by atoms with Gasteiger partial charge in [0.15, 0.2) is 0 Å². The summed E-state index contributed by atoms with van der Waals surface area (Å²) in [5.74, 6) is 0. The summed E-state index contributed by atoms with van der Waals surface area (Å²) in [4.78, 5) is 10.4. The Bertz CT molecular complexity index is 269. The summed E-state index contributed by atoms with van der Waals surface area (Å²) in [7, 11) is 0. The SMILES string of the molecule is O=Cc1cccc(CCCCO)c1. The van der Waals surface area contributed by atoms with E-state index in [0.717, 1.165) is 36.7 Å². The van der Waals surface area contributed by atoms with Crippen LogP contribution in [-0.2, 0) is 6.42 Å². The van der Waals surface area contributed by atoms with Crippen molar-refractivity contribution in [3.8, 4) is 0 Å². The molecule has 0 aliphatic carbocycles. The summed E-state index contributed by atoms with van der Waals surface area (Å²) in [6.45, 7) is 0.243. The summed E-state index contributed by atoms with van der Waals surface area (Å²) in [5, 5.41) is 8.59. The van der Waals surface area contributed by atoms with Gasteiger partial charge in [-0.2, -0.15) is 0 Å². The summed E-state index contributed by atoms with van der Waals surface area (Å²) in [6.07, 6.45) is 3.59. The summed E-state index contributed by atoms with van der Waals surface area (Å²) >= 11 is 0. The van der Waals surface area contributed by atoms with Gasteiger partial charge >= 0.3 is 0 Å². The number of aliphatic hydroxyl groups is 1. The van der Waals surface area contributed by atoms with E-state index < -0.39 is 0 Å². The lowest BCUT2D eigenvalue weighted by molar-refractivity contribution is 0.112. The molecule has 0 aliphatic heterocycles. The molecule has 2 nitrogen and oxygen atoms in total. The fourth-order valence-electron chi connectivity index (χ4n) is 1.26. The third kappa shape index (κ3) is 3.38. The van der Waals surface area contributed by atoms with Crippen molar-refractivity contribution in [2.75, 3.05) is 6.61 Å². The number of aldehydes is 1. The molecule has 70 valence electrons. The molecule has 0 saturated heterocycles. The molecular formula is C11H14O2. The van der Waals surface area contributed by atoms with Gasteiger partial charge in [0.05, 0.1) is 0 Å². The van der Waals surface area contributed by atoms with Crippen molar-refractivity contribution < 1.29 is 9.90 Å². The first-order chi connectivity index (χ1) is 6.36. The fraction of sp³-hybridized carbons (Fsp3) is 0.364. The van der Waals surface area contributed by atoms with Crippen molar-refractivity contribution in [2.24, 2.45) is 0 Å². The lowest BCUT2D eigenvalue weighted by Gasteiger charge is -2.00. The molecule has 0 amide bonds. The number of carbonyl (C=O) groups excluding carboxylic acids is 1. The molecule has 2 heteroatoms. The maximum Gasteiger partial charge on any atom is 0.150 e. The predicted molar refractivity (Wildman–Crippen MR) is 51.9 cm³/mol. The molecule has 13 heavy (non-hydrogen) atoms. The van der Waals surface area contributed by atoms with E-state index in [-0.39, 0.29) is 6.61 Å². The normalized spacial score (nSPS) is 9.92. The van der Waals surface area contributed by atoms with Crippen molar-refractivity contribution in [3.05, 3.63) is 35.4 Å². The second-order valence-corrected chi connectivity index (χ2v) is 3.04. The van der Waals surface area contributed by atoms with E-state index in [4.69, 9.17) is 5.11 Å². The van der Waals surface area contributed by atoms with Gasteiger partial charge in [0, 0.05) is 12.2 Å². The molecule has 0 aliphatic rings. The molecule has 0 radical (unpaired) electrons. The molecule has 1 N–H and O–H groups in total. The van der Waals surface area contributed by atoms with Crippen LogP contribution >= 0.6 is 0 Å². The highest BCUT2D eigenvalue weighted by atomic mass is 16.2. The zero-order valence-electron chi connectivity index (χ0n) is 7.57. The number of benzene rings is 1. The Morgan fingerprint density at radius 2 is 2.15 bits per heavy atom. The number of rotatable bonds is 5. The Labute approximate surface area is 78.2 Å². The molecule has 0 bridgehead atoms. The quantitative estimate of drug-likeness (QED) is 0.551. The molecule has 1 aromatic carbocycles. The van der Waals surface area contributed by atoms with E-state index in [1.54, 1.807) is 6.07 Å². The van der Waals surface area contributed by atoms with Gasteiger partial charge in [0.1, 0.15) is 6.29 Å². The largest absolute Gasteiger partial charge is 0.396 e. The maximum atomic E-state index is 10.4. The minimum atomic E-state index is 0.243. The Morgan fingerprint density at radius 3 is 2.85 bits per heavy atom. The molecule has 1 aromatic rings. The highest BCUT2D eigenvalue weighted by molar-refractivity contribution is 5.74. The van der Waals surface area contributed by atoms with Gasteiger partial charge < -0.3 is 5.11 Å². The molecule has 0 saturated carbocycles. The van der Waals surface area contributed by atoms with Crippen molar-refractivity contribution >= 4 is 6.29 Å². The summed E-state index contributed by atoms with van der Waals surface area (Å²) < 4.78 is 0. The fourth-order valence-corrected chi connectivity index (χ4v) is 1.26. The number of carbonyl (C=O) groups is 1. The Morgan fingerprint density at radius 1 is 1.31 bits per heavy atom. The van der Waals surface area contributed by atoms with E-state index in [1.807, 2.05) is 18.2 Å². The van der Waals surface area contributed by atoms with Gasteiger partial charge in [-0.15, -0.1) is 0 Å². The second-order valence-electron chi connectivity index (χ2n) is 3.04. The van der Waals surface area contributed by atoms with Gasteiger partial charge in [0.2, 0.25) is 0 Å². The van der Waals surface area contributed by atoms with Gasteiger partial charge in [-0.05, 0) is 30.9 Å². The number of unbranched alkanes of at least 4 members (excludes halogenated alkanes) is 1. The predicted octanol–water partition coefficient (Wildman–Crippen LogP) is 1.81. The minimum Gasteiger partial charge on any atom is -0.396 e. The lowest BCUT2D eigenvalue weighted by atomic mass is 10.1. The monoisotopic (exact) mass is 178 g/mol. The number of hydrogen-bond acceptors (Lipinski definition) is 2. The van der Waals surface area contributed by atoms with E-state index >= 15 is 0 Å². The summed E-state index contributed by atoms with van der Waals surface area (Å²) in [6, 6.07) is 7.58. The van der Waals surface area contributed by atoms with E-state index in [1.165, 1.54) is 0 Å². The van der Waals surface area contributed by atoms with Crippen LogP contribution in [0.1, 0.15) is 28.8 Å². The van der Waals surface area contributed by atoms with Crippen molar-refractivity contribution in [2.45, 2.75) is 19.3 Å². The lowest BCUT2D eigenvalue weighted by Crippen LogP contribution is -1.90. The first-order valence-corrected chi connectivity index (χ1v) is 4.52. The topological polar surface area (TPSA) is 37.3 Å². The van der Waals surface area contributed by atoms with Crippen LogP contribution in [0.2, 0.25) is 0 Å². The molecule has 1 rings (SSSR count). The standard InChI is InChI=1S/C11H14O2/c12-7-2-1-4-10-5-3-6-11(8-10)9-13/h3,5-6,8-9,12H,1-2,4,7H2. The van der Waals surface area contributed by atoms with Crippen LogP contribution in [-0.4, -0.2) is 18.0 Å². The van der Waals surface area contributed by atoms with Crippen molar-refractivity contribution in [3.63, 3.8) is 0 Å². The smallest absolute Gasteiger partial charge is 0.150 e. The van der Waals surface area contributed by atoms with E-state index in [2.05, 4.69) is 0 Å². The number of aliphatic hydroxyl groups excluding tert-OH is 1. The van der Waals surface area contributed by atoms with Crippen LogP contribution < -0.4 is 0 Å². The van der Waals surface area contributed by atoms with Crippen molar-refractivity contribution in [1.29, 1.82) is 0 Å². The molecule has 0 fully saturated rings. The molecule has 0 unspecified atom stereocenters. The van der Waals surface area contributed by atoms with Crippen LogP contribution in [0.25, 0.3) is 0 Å². The van der Waals surface area contributed by atoms with Crippen LogP contribution in [0.5, 0.6) is 0 Å². The molecule has 0 atom stereocenters. The van der Waals surface area contributed by atoms with Crippen LogP contribution in [0.3, 0.4) is 0 Å². The highest BCUT2D eigenvalue weighted by Crippen LogP contribution is 2.06. The Kier molecular flexibility index (Phi) is 4.19. The Hall–Kier alpha value is -1.15.